The van der Waals surface area contributed by atoms with E-state index in [0.29, 0.717) is 0 Å². The fourth-order valence-electron chi connectivity index (χ4n) is 2.02. The molecular weight excluding hydrogens is 451 g/mol. The van der Waals surface area contributed by atoms with Crippen molar-refractivity contribution in [3.8, 4) is 11.5 Å². The van der Waals surface area contributed by atoms with Crippen molar-refractivity contribution in [3.05, 3.63) is 55.5 Å². The Hall–Kier alpha value is -2.75. The predicted molar refractivity (Wildman–Crippen MR) is 106 cm³/mol. The Morgan fingerprint density at radius 2 is 1.76 bits per heavy atom. The van der Waals surface area contributed by atoms with E-state index in [-0.39, 0.29) is 37.9 Å². The van der Waals surface area contributed by atoms with Crippen LogP contribution in [0, 0.1) is 10.1 Å². The van der Waals surface area contributed by atoms with Crippen molar-refractivity contribution in [1.29, 1.82) is 0 Å². The van der Waals surface area contributed by atoms with Gasteiger partial charge in [0.25, 0.3) is 11.6 Å². The summed E-state index contributed by atoms with van der Waals surface area (Å²) in [4.78, 5) is 34.1. The van der Waals surface area contributed by atoms with Gasteiger partial charge in [-0.25, -0.2) is 4.79 Å². The molecule has 2 rings (SSSR count). The number of nitro benzene ring substituents is 1. The molecule has 0 aromatic heterocycles. The van der Waals surface area contributed by atoms with Gasteiger partial charge in [0, 0.05) is 6.07 Å². The lowest BCUT2D eigenvalue weighted by atomic mass is 10.2. The zero-order chi connectivity index (χ0) is 21.6. The van der Waals surface area contributed by atoms with Gasteiger partial charge in [-0.3, -0.25) is 14.9 Å². The number of rotatable bonds is 8. The Balaban J connectivity index is 1.89. The summed E-state index contributed by atoms with van der Waals surface area (Å²) in [7, 11) is 1.35. The number of nitro groups is 1. The van der Waals surface area contributed by atoms with E-state index in [9.17, 15) is 19.7 Å². The van der Waals surface area contributed by atoms with Crippen LogP contribution in [-0.4, -0.2) is 37.1 Å². The normalized spacial score (nSPS) is 10.2. The van der Waals surface area contributed by atoms with Crippen LogP contribution in [0.4, 0.5) is 11.4 Å². The van der Waals surface area contributed by atoms with Crippen molar-refractivity contribution in [2.45, 2.75) is 0 Å². The van der Waals surface area contributed by atoms with Gasteiger partial charge in [0.2, 0.25) is 0 Å². The SMILES string of the molecule is COc1ccc(NC(=O)COC(=O)COc2cc(Cl)c(Cl)cc2Cl)c([N+](=O)[O-])c1. The Bertz CT molecular complexity index is 953. The van der Waals surface area contributed by atoms with E-state index in [0.717, 1.165) is 6.07 Å². The second-order valence-electron chi connectivity index (χ2n) is 5.33. The van der Waals surface area contributed by atoms with Gasteiger partial charge >= 0.3 is 5.97 Å². The summed E-state index contributed by atoms with van der Waals surface area (Å²) < 4.78 is 14.8. The van der Waals surface area contributed by atoms with Crippen LogP contribution >= 0.6 is 34.8 Å². The highest BCUT2D eigenvalue weighted by Gasteiger charge is 2.18. The van der Waals surface area contributed by atoms with Crippen LogP contribution in [0.1, 0.15) is 0 Å². The number of nitrogens with one attached hydrogen (secondary N) is 1. The molecule has 29 heavy (non-hydrogen) atoms. The number of nitrogens with zero attached hydrogens (tertiary/aromatic N) is 1. The average Bonchev–Trinajstić information content (AvgIpc) is 2.68. The van der Waals surface area contributed by atoms with E-state index in [1.54, 1.807) is 0 Å². The van der Waals surface area contributed by atoms with Crippen LogP contribution in [0.25, 0.3) is 0 Å². The summed E-state index contributed by atoms with van der Waals surface area (Å²) in [5.74, 6) is -1.29. The van der Waals surface area contributed by atoms with Gasteiger partial charge in [0.15, 0.2) is 13.2 Å². The number of carbonyl (C=O) groups excluding carboxylic acids is 2. The minimum absolute atomic E-state index is 0.0734. The molecule has 1 N–H and O–H groups in total. The molecule has 0 heterocycles. The number of amides is 1. The van der Waals surface area contributed by atoms with Gasteiger partial charge in [0.05, 0.1) is 33.2 Å². The van der Waals surface area contributed by atoms with Crippen molar-refractivity contribution in [1.82, 2.24) is 0 Å². The molecule has 0 unspecified atom stereocenters. The standard InChI is InChI=1S/C17H13Cl3N2O7/c1-27-9-2-3-13(14(4-9)22(25)26)21-16(23)7-29-17(24)8-28-15-6-11(19)10(18)5-12(15)20/h2-6H,7-8H2,1H3,(H,21,23). The second kappa shape index (κ2) is 10.1. The maximum Gasteiger partial charge on any atom is 0.344 e. The number of hydrogen-bond donors (Lipinski definition) is 1. The Kier molecular flexibility index (Phi) is 7.89. The van der Waals surface area contributed by atoms with Gasteiger partial charge in [-0.05, 0) is 18.2 Å². The third-order valence-corrected chi connectivity index (χ3v) is 4.38. The quantitative estimate of drug-likeness (QED) is 0.271. The topological polar surface area (TPSA) is 117 Å². The first-order valence-corrected chi connectivity index (χ1v) is 8.90. The van der Waals surface area contributed by atoms with Crippen LogP contribution in [0.15, 0.2) is 30.3 Å². The Morgan fingerprint density at radius 1 is 1.07 bits per heavy atom. The van der Waals surface area contributed by atoms with Gasteiger partial charge in [-0.15, -0.1) is 0 Å². The molecule has 0 aliphatic rings. The van der Waals surface area contributed by atoms with E-state index in [2.05, 4.69) is 5.32 Å². The van der Waals surface area contributed by atoms with Crippen LogP contribution in [0.3, 0.4) is 0 Å². The first kappa shape index (κ1) is 22.5. The first-order chi connectivity index (χ1) is 13.7. The van der Waals surface area contributed by atoms with Gasteiger partial charge in [-0.1, -0.05) is 34.8 Å². The monoisotopic (exact) mass is 462 g/mol. The maximum absolute atomic E-state index is 11.9. The smallest absolute Gasteiger partial charge is 0.344 e. The first-order valence-electron chi connectivity index (χ1n) is 7.76. The molecule has 154 valence electrons. The fourth-order valence-corrected chi connectivity index (χ4v) is 2.61. The minimum Gasteiger partial charge on any atom is -0.496 e. The zero-order valence-electron chi connectivity index (χ0n) is 14.7. The molecular formula is C17H13Cl3N2O7. The molecule has 0 atom stereocenters. The highest BCUT2D eigenvalue weighted by molar-refractivity contribution is 6.43. The number of ether oxygens (including phenoxy) is 3. The Labute approximate surface area is 179 Å². The van der Waals surface area contributed by atoms with E-state index in [1.807, 2.05) is 0 Å². The summed E-state index contributed by atoms with van der Waals surface area (Å²) in [6.07, 6.45) is 0. The molecule has 1 amide bonds. The third-order valence-electron chi connectivity index (χ3n) is 3.36. The summed E-state index contributed by atoms with van der Waals surface area (Å²) in [6.45, 7) is -1.23. The lowest BCUT2D eigenvalue weighted by molar-refractivity contribution is -0.384. The van der Waals surface area contributed by atoms with Gasteiger partial charge < -0.3 is 19.5 Å². The molecule has 0 bridgehead atoms. The summed E-state index contributed by atoms with van der Waals surface area (Å²) in [5.41, 5.74) is -0.447. The van der Waals surface area contributed by atoms with E-state index in [4.69, 9.17) is 49.0 Å². The molecule has 2 aromatic rings. The molecule has 12 heteroatoms. The van der Waals surface area contributed by atoms with E-state index < -0.39 is 30.0 Å². The van der Waals surface area contributed by atoms with Crippen molar-refractivity contribution >= 4 is 58.1 Å². The number of hydrogen-bond acceptors (Lipinski definition) is 7. The van der Waals surface area contributed by atoms with E-state index >= 15 is 0 Å². The highest BCUT2D eigenvalue weighted by Crippen LogP contribution is 2.33. The van der Waals surface area contributed by atoms with Crippen LogP contribution < -0.4 is 14.8 Å². The number of anilines is 1. The summed E-state index contributed by atoms with van der Waals surface area (Å²) >= 11 is 17.5. The lowest BCUT2D eigenvalue weighted by Gasteiger charge is -2.10. The third kappa shape index (κ3) is 6.38. The van der Waals surface area contributed by atoms with Crippen molar-refractivity contribution < 1.29 is 28.7 Å². The van der Waals surface area contributed by atoms with Crippen LogP contribution in [0.5, 0.6) is 11.5 Å². The molecule has 0 saturated carbocycles. The minimum atomic E-state index is -0.869. The molecule has 9 nitrogen and oxygen atoms in total. The number of carbonyl (C=O) groups is 2. The molecule has 0 spiro atoms. The summed E-state index contributed by atoms with van der Waals surface area (Å²) in [6, 6.07) is 6.56. The molecule has 0 aliphatic carbocycles. The van der Waals surface area contributed by atoms with Gasteiger partial charge in [-0.2, -0.15) is 0 Å². The number of esters is 1. The fraction of sp³-hybridized carbons (Fsp3) is 0.176. The van der Waals surface area contributed by atoms with Crippen molar-refractivity contribution in [2.24, 2.45) is 0 Å². The molecule has 0 radical (unpaired) electrons. The van der Waals surface area contributed by atoms with Gasteiger partial charge in [0.1, 0.15) is 17.2 Å². The molecule has 0 fully saturated rings. The van der Waals surface area contributed by atoms with E-state index in [1.165, 1.54) is 31.4 Å². The molecule has 2 aromatic carbocycles. The predicted octanol–water partition coefficient (Wildman–Crippen LogP) is 4.12. The van der Waals surface area contributed by atoms with Crippen LogP contribution in [0.2, 0.25) is 15.1 Å². The number of methoxy groups -OCH3 is 1. The number of halogens is 3. The largest absolute Gasteiger partial charge is 0.496 e. The zero-order valence-corrected chi connectivity index (χ0v) is 17.0. The average molecular weight is 464 g/mol. The highest BCUT2D eigenvalue weighted by atomic mass is 35.5. The second-order valence-corrected chi connectivity index (χ2v) is 6.56. The molecule has 0 saturated heterocycles. The van der Waals surface area contributed by atoms with Crippen LogP contribution in [-0.2, 0) is 14.3 Å². The Morgan fingerprint density at radius 3 is 2.41 bits per heavy atom. The van der Waals surface area contributed by atoms with Crippen molar-refractivity contribution in [2.75, 3.05) is 25.6 Å². The molecule has 0 aliphatic heterocycles. The van der Waals surface area contributed by atoms with Crippen molar-refractivity contribution in [3.63, 3.8) is 0 Å². The summed E-state index contributed by atoms with van der Waals surface area (Å²) in [5, 5.41) is 13.9. The lowest BCUT2D eigenvalue weighted by Crippen LogP contribution is -2.24. The number of benzene rings is 2. The maximum atomic E-state index is 11.9.